The summed E-state index contributed by atoms with van der Waals surface area (Å²) in [5.41, 5.74) is 1.28. The molecule has 0 amide bonds. The van der Waals surface area contributed by atoms with Crippen LogP contribution in [-0.2, 0) is 6.18 Å². The van der Waals surface area contributed by atoms with Crippen LogP contribution < -0.4 is 15.8 Å². The molecule has 1 aliphatic heterocycles. The minimum absolute atomic E-state index is 0.171. The summed E-state index contributed by atoms with van der Waals surface area (Å²) in [4.78, 5) is 23.0. The van der Waals surface area contributed by atoms with E-state index in [9.17, 15) is 18.0 Å². The van der Waals surface area contributed by atoms with E-state index in [1.807, 2.05) is 6.07 Å². The third-order valence-corrected chi connectivity index (χ3v) is 5.16. The number of alkyl halides is 3. The van der Waals surface area contributed by atoms with Crippen LogP contribution in [0.3, 0.4) is 0 Å². The number of imidazole rings is 1. The summed E-state index contributed by atoms with van der Waals surface area (Å²) in [6.07, 6.45) is -0.333. The number of anilines is 1. The SMILES string of the molecule is O=c1cc(-c2ccc3nc(C(F)(F)F)cn3c2)nc2ccc(N3CCNCC3)cn12. The zero-order valence-electron chi connectivity index (χ0n) is 15.7. The average molecular weight is 414 g/mol. The molecule has 0 radical (unpaired) electrons. The van der Waals surface area contributed by atoms with Gasteiger partial charge in [-0.15, -0.1) is 0 Å². The molecule has 7 nitrogen and oxygen atoms in total. The molecule has 1 N–H and O–H groups in total. The van der Waals surface area contributed by atoms with E-state index in [0.717, 1.165) is 38.1 Å². The van der Waals surface area contributed by atoms with Gasteiger partial charge in [-0.05, 0) is 24.3 Å². The molecule has 1 aliphatic rings. The Labute approximate surface area is 168 Å². The van der Waals surface area contributed by atoms with Gasteiger partial charge >= 0.3 is 6.18 Å². The number of piperazine rings is 1. The molecule has 4 aromatic heterocycles. The van der Waals surface area contributed by atoms with Crippen LogP contribution >= 0.6 is 0 Å². The van der Waals surface area contributed by atoms with Crippen LogP contribution in [0.4, 0.5) is 18.9 Å². The van der Waals surface area contributed by atoms with Gasteiger partial charge in [-0.25, -0.2) is 9.97 Å². The van der Waals surface area contributed by atoms with Gasteiger partial charge in [0.2, 0.25) is 0 Å². The van der Waals surface area contributed by atoms with Gasteiger partial charge in [-0.3, -0.25) is 9.20 Å². The van der Waals surface area contributed by atoms with Crippen LogP contribution in [0.2, 0.25) is 0 Å². The normalized spacial score (nSPS) is 15.2. The van der Waals surface area contributed by atoms with Crippen molar-refractivity contribution in [2.75, 3.05) is 31.1 Å². The first kappa shape index (κ1) is 18.6. The average Bonchev–Trinajstić information content (AvgIpc) is 3.18. The van der Waals surface area contributed by atoms with Crippen LogP contribution in [0, 0.1) is 0 Å². The second-order valence-corrected chi connectivity index (χ2v) is 7.14. The molecule has 0 saturated carbocycles. The zero-order chi connectivity index (χ0) is 20.9. The van der Waals surface area contributed by atoms with Crippen molar-refractivity contribution in [2.24, 2.45) is 0 Å². The number of hydrogen-bond donors (Lipinski definition) is 1. The van der Waals surface area contributed by atoms with Crippen molar-refractivity contribution in [2.45, 2.75) is 6.18 Å². The Kier molecular flexibility index (Phi) is 4.24. The molecule has 0 spiro atoms. The second-order valence-electron chi connectivity index (χ2n) is 7.14. The predicted octanol–water partition coefficient (Wildman–Crippen LogP) is 2.44. The quantitative estimate of drug-likeness (QED) is 0.546. The standard InChI is InChI=1S/C20H17F3N6O/c21-20(22,23)16-12-28-10-13(1-3-17(28)26-16)15-9-19(30)29-11-14(2-4-18(29)25-15)27-7-5-24-6-8-27/h1-4,9-12,24H,5-8H2. The fourth-order valence-electron chi connectivity index (χ4n) is 3.63. The van der Waals surface area contributed by atoms with Gasteiger partial charge in [0, 0.05) is 56.4 Å². The van der Waals surface area contributed by atoms with Crippen molar-refractivity contribution in [1.82, 2.24) is 24.1 Å². The summed E-state index contributed by atoms with van der Waals surface area (Å²) < 4.78 is 41.5. The fraction of sp³-hybridized carbons (Fsp3) is 0.250. The van der Waals surface area contributed by atoms with Crippen LogP contribution in [0.5, 0.6) is 0 Å². The van der Waals surface area contributed by atoms with Crippen LogP contribution in [0.1, 0.15) is 5.69 Å². The van der Waals surface area contributed by atoms with Crippen LogP contribution in [0.15, 0.2) is 53.7 Å². The molecule has 5 heterocycles. The minimum atomic E-state index is -4.52. The van der Waals surface area contributed by atoms with Gasteiger partial charge in [-0.1, -0.05) is 0 Å². The highest BCUT2D eigenvalue weighted by Crippen LogP contribution is 2.29. The van der Waals surface area contributed by atoms with Crippen molar-refractivity contribution in [1.29, 1.82) is 0 Å². The molecule has 0 atom stereocenters. The molecule has 1 fully saturated rings. The molecule has 154 valence electrons. The highest BCUT2D eigenvalue weighted by Gasteiger charge is 2.33. The van der Waals surface area contributed by atoms with E-state index in [2.05, 4.69) is 20.2 Å². The van der Waals surface area contributed by atoms with Gasteiger partial charge in [0.25, 0.3) is 5.56 Å². The highest BCUT2D eigenvalue weighted by atomic mass is 19.4. The van der Waals surface area contributed by atoms with E-state index in [0.29, 0.717) is 16.9 Å². The molecular formula is C20H17F3N6O. The largest absolute Gasteiger partial charge is 0.434 e. The Hall–Kier alpha value is -3.40. The Morgan fingerprint density at radius 1 is 0.933 bits per heavy atom. The third kappa shape index (κ3) is 3.28. The summed E-state index contributed by atoms with van der Waals surface area (Å²) in [6, 6.07) is 8.17. The Morgan fingerprint density at radius 3 is 2.47 bits per heavy atom. The number of nitrogens with one attached hydrogen (secondary N) is 1. The summed E-state index contributed by atoms with van der Waals surface area (Å²) in [7, 11) is 0. The van der Waals surface area contributed by atoms with Crippen molar-refractivity contribution in [3.8, 4) is 11.3 Å². The van der Waals surface area contributed by atoms with E-state index in [4.69, 9.17) is 0 Å². The predicted molar refractivity (Wildman–Crippen MR) is 106 cm³/mol. The molecular weight excluding hydrogens is 397 g/mol. The first-order chi connectivity index (χ1) is 14.4. The number of rotatable bonds is 2. The molecule has 5 rings (SSSR count). The number of nitrogens with zero attached hydrogens (tertiary/aromatic N) is 5. The smallest absolute Gasteiger partial charge is 0.368 e. The van der Waals surface area contributed by atoms with Gasteiger partial charge < -0.3 is 14.6 Å². The monoisotopic (exact) mass is 414 g/mol. The maximum absolute atomic E-state index is 12.9. The lowest BCUT2D eigenvalue weighted by molar-refractivity contribution is -0.140. The fourth-order valence-corrected chi connectivity index (χ4v) is 3.63. The molecule has 0 aromatic carbocycles. The first-order valence-corrected chi connectivity index (χ1v) is 9.44. The Bertz CT molecular complexity index is 1300. The maximum atomic E-state index is 12.9. The van der Waals surface area contributed by atoms with Crippen molar-refractivity contribution < 1.29 is 13.2 Å². The van der Waals surface area contributed by atoms with Gasteiger partial charge in [0.1, 0.15) is 11.3 Å². The first-order valence-electron chi connectivity index (χ1n) is 9.44. The van der Waals surface area contributed by atoms with Crippen molar-refractivity contribution >= 4 is 17.0 Å². The zero-order valence-corrected chi connectivity index (χ0v) is 15.7. The van der Waals surface area contributed by atoms with Crippen molar-refractivity contribution in [3.05, 3.63) is 65.0 Å². The number of fused-ring (bicyclic) bond motifs is 2. The van der Waals surface area contributed by atoms with Gasteiger partial charge in [0.05, 0.1) is 11.4 Å². The molecule has 30 heavy (non-hydrogen) atoms. The number of pyridine rings is 2. The third-order valence-electron chi connectivity index (χ3n) is 5.16. The van der Waals surface area contributed by atoms with Crippen molar-refractivity contribution in [3.63, 3.8) is 0 Å². The Balaban J connectivity index is 1.55. The van der Waals surface area contributed by atoms with E-state index in [-0.39, 0.29) is 11.2 Å². The summed E-state index contributed by atoms with van der Waals surface area (Å²) in [5, 5.41) is 3.29. The molecule has 4 aromatic rings. The number of halogens is 3. The maximum Gasteiger partial charge on any atom is 0.434 e. The van der Waals surface area contributed by atoms with Gasteiger partial charge in [0.15, 0.2) is 5.69 Å². The lowest BCUT2D eigenvalue weighted by Crippen LogP contribution is -2.43. The lowest BCUT2D eigenvalue weighted by Gasteiger charge is -2.29. The van der Waals surface area contributed by atoms with E-state index >= 15 is 0 Å². The van der Waals surface area contributed by atoms with Gasteiger partial charge in [-0.2, -0.15) is 13.2 Å². The highest BCUT2D eigenvalue weighted by molar-refractivity contribution is 5.64. The van der Waals surface area contributed by atoms with Crippen LogP contribution in [-0.4, -0.2) is 44.9 Å². The summed E-state index contributed by atoms with van der Waals surface area (Å²) in [6.45, 7) is 3.49. The summed E-state index contributed by atoms with van der Waals surface area (Å²) in [5.74, 6) is 0. The van der Waals surface area contributed by atoms with E-state index < -0.39 is 11.9 Å². The molecule has 0 aliphatic carbocycles. The number of hydrogen-bond acceptors (Lipinski definition) is 5. The lowest BCUT2D eigenvalue weighted by atomic mass is 10.2. The van der Waals surface area contributed by atoms with Crippen LogP contribution in [0.25, 0.3) is 22.6 Å². The molecule has 10 heteroatoms. The van der Waals surface area contributed by atoms with E-state index in [1.54, 1.807) is 18.3 Å². The molecule has 1 saturated heterocycles. The minimum Gasteiger partial charge on any atom is -0.368 e. The Morgan fingerprint density at radius 2 is 1.70 bits per heavy atom. The topological polar surface area (TPSA) is 66.9 Å². The molecule has 0 bridgehead atoms. The summed E-state index contributed by atoms with van der Waals surface area (Å²) >= 11 is 0. The number of aromatic nitrogens is 4. The van der Waals surface area contributed by atoms with E-state index in [1.165, 1.54) is 27.1 Å². The second kappa shape index (κ2) is 6.84. The molecule has 0 unspecified atom stereocenters.